The van der Waals surface area contributed by atoms with Gasteiger partial charge in [-0.3, -0.25) is 14.9 Å². The molecule has 2 aromatic carbocycles. The molecule has 0 N–H and O–H groups in total. The average molecular weight is 386 g/mol. The van der Waals surface area contributed by atoms with Gasteiger partial charge in [-0.1, -0.05) is 31.0 Å². The van der Waals surface area contributed by atoms with Gasteiger partial charge >= 0.3 is 0 Å². The fraction of sp³-hybridized carbons (Fsp3) is 0.286. The summed E-state index contributed by atoms with van der Waals surface area (Å²) < 4.78 is 28.1. The van der Waals surface area contributed by atoms with Crippen LogP contribution in [0.5, 0.6) is 0 Å². The molecule has 0 saturated heterocycles. The largest absolute Gasteiger partial charge is 0.332 e. The Labute approximate surface area is 161 Å². The van der Waals surface area contributed by atoms with Gasteiger partial charge in [0, 0.05) is 29.8 Å². The van der Waals surface area contributed by atoms with E-state index >= 15 is 0 Å². The smallest absolute Gasteiger partial charge is 0.270 e. The molecule has 0 spiro atoms. The predicted molar refractivity (Wildman–Crippen MR) is 101 cm³/mol. The molecule has 2 aromatic rings. The summed E-state index contributed by atoms with van der Waals surface area (Å²) in [6.07, 6.45) is 6.27. The molecule has 0 radical (unpaired) electrons. The van der Waals surface area contributed by atoms with Crippen molar-refractivity contribution in [3.63, 3.8) is 0 Å². The molecule has 0 aromatic heterocycles. The second-order valence-corrected chi connectivity index (χ2v) is 6.79. The van der Waals surface area contributed by atoms with E-state index in [0.717, 1.165) is 25.7 Å². The van der Waals surface area contributed by atoms with E-state index in [2.05, 4.69) is 0 Å². The summed E-state index contributed by atoms with van der Waals surface area (Å²) in [5, 5.41) is 10.9. The Hall–Kier alpha value is -3.09. The molecule has 1 saturated carbocycles. The standard InChI is InChI=1S/C21H20F2N2O3/c22-19-9-4-10-20(23)18(19)14-24(16-6-1-2-7-16)21(26)12-11-15-5-3-8-17(13-15)25(27)28/h3-5,8-13,16H,1-2,6-7,14H2. The van der Waals surface area contributed by atoms with Crippen molar-refractivity contribution in [2.75, 3.05) is 0 Å². The fourth-order valence-electron chi connectivity index (χ4n) is 3.46. The maximum Gasteiger partial charge on any atom is 0.270 e. The van der Waals surface area contributed by atoms with Crippen molar-refractivity contribution in [3.05, 3.63) is 81.4 Å². The highest BCUT2D eigenvalue weighted by Gasteiger charge is 2.27. The molecule has 1 aliphatic carbocycles. The minimum absolute atomic E-state index is 0.0734. The first-order valence-corrected chi connectivity index (χ1v) is 9.11. The van der Waals surface area contributed by atoms with Gasteiger partial charge in [0.25, 0.3) is 5.69 Å². The average Bonchev–Trinajstić information content (AvgIpc) is 3.20. The molecule has 0 atom stereocenters. The normalized spacial score (nSPS) is 14.5. The molecular weight excluding hydrogens is 366 g/mol. The van der Waals surface area contributed by atoms with Gasteiger partial charge in [0.05, 0.1) is 11.5 Å². The minimum atomic E-state index is -0.682. The number of nitro benzene ring substituents is 1. The Bertz CT molecular complexity index is 888. The maximum atomic E-state index is 14.1. The number of hydrogen-bond acceptors (Lipinski definition) is 3. The lowest BCUT2D eigenvalue weighted by molar-refractivity contribution is -0.384. The molecule has 3 rings (SSSR count). The second-order valence-electron chi connectivity index (χ2n) is 6.79. The van der Waals surface area contributed by atoms with Crippen LogP contribution in [0.4, 0.5) is 14.5 Å². The zero-order chi connectivity index (χ0) is 20.1. The monoisotopic (exact) mass is 386 g/mol. The number of amides is 1. The first-order valence-electron chi connectivity index (χ1n) is 9.11. The highest BCUT2D eigenvalue weighted by atomic mass is 19.1. The van der Waals surface area contributed by atoms with Crippen molar-refractivity contribution < 1.29 is 18.5 Å². The van der Waals surface area contributed by atoms with Crippen LogP contribution in [0, 0.1) is 21.7 Å². The molecule has 0 aliphatic heterocycles. The molecule has 7 heteroatoms. The fourth-order valence-corrected chi connectivity index (χ4v) is 3.46. The summed E-state index contributed by atoms with van der Waals surface area (Å²) in [6, 6.07) is 9.47. The Morgan fingerprint density at radius 1 is 1.14 bits per heavy atom. The molecule has 1 fully saturated rings. The number of nitro groups is 1. The van der Waals surface area contributed by atoms with E-state index in [4.69, 9.17) is 0 Å². The van der Waals surface area contributed by atoms with Gasteiger partial charge in [-0.05, 0) is 36.6 Å². The highest BCUT2D eigenvalue weighted by molar-refractivity contribution is 5.92. The molecule has 0 bridgehead atoms. The summed E-state index contributed by atoms with van der Waals surface area (Å²) in [5.41, 5.74) is 0.299. The van der Waals surface area contributed by atoms with Crippen LogP contribution in [-0.4, -0.2) is 21.8 Å². The SMILES string of the molecule is O=C(C=Cc1cccc([N+](=O)[O-])c1)N(Cc1c(F)cccc1F)C1CCCC1. The van der Waals surface area contributed by atoms with Crippen LogP contribution >= 0.6 is 0 Å². The number of carbonyl (C=O) groups excluding carboxylic acids is 1. The number of rotatable bonds is 6. The molecule has 0 heterocycles. The van der Waals surface area contributed by atoms with E-state index in [9.17, 15) is 23.7 Å². The maximum absolute atomic E-state index is 14.1. The highest BCUT2D eigenvalue weighted by Crippen LogP contribution is 2.27. The van der Waals surface area contributed by atoms with Gasteiger partial charge in [-0.15, -0.1) is 0 Å². The molecular formula is C21H20F2N2O3. The minimum Gasteiger partial charge on any atom is -0.332 e. The number of hydrogen-bond donors (Lipinski definition) is 0. The number of halogens is 2. The van der Waals surface area contributed by atoms with Crippen LogP contribution in [0.25, 0.3) is 6.08 Å². The number of non-ortho nitro benzene ring substituents is 1. The first kappa shape index (κ1) is 19.7. The van der Waals surface area contributed by atoms with E-state index < -0.39 is 16.6 Å². The Morgan fingerprint density at radius 3 is 2.43 bits per heavy atom. The number of nitrogens with zero attached hydrogens (tertiary/aromatic N) is 2. The zero-order valence-corrected chi connectivity index (χ0v) is 15.2. The van der Waals surface area contributed by atoms with Crippen LogP contribution in [0.3, 0.4) is 0 Å². The second kappa shape index (κ2) is 8.73. The summed E-state index contributed by atoms with van der Waals surface area (Å²) in [6.45, 7) is -0.152. The molecule has 1 aliphatic rings. The molecule has 146 valence electrons. The zero-order valence-electron chi connectivity index (χ0n) is 15.2. The lowest BCUT2D eigenvalue weighted by Gasteiger charge is -2.28. The summed E-state index contributed by atoms with van der Waals surface area (Å²) in [4.78, 5) is 24.7. The first-order chi connectivity index (χ1) is 13.5. The van der Waals surface area contributed by atoms with Gasteiger partial charge in [0.2, 0.25) is 5.91 Å². The Kier molecular flexibility index (Phi) is 6.13. The van der Waals surface area contributed by atoms with E-state index in [1.807, 2.05) is 0 Å². The molecule has 5 nitrogen and oxygen atoms in total. The van der Waals surface area contributed by atoms with Crippen molar-refractivity contribution in [2.24, 2.45) is 0 Å². The third-order valence-corrected chi connectivity index (χ3v) is 4.94. The van der Waals surface area contributed by atoms with Crippen LogP contribution in [-0.2, 0) is 11.3 Å². The number of carbonyl (C=O) groups is 1. The predicted octanol–water partition coefficient (Wildman–Crippen LogP) is 4.86. The third-order valence-electron chi connectivity index (χ3n) is 4.94. The summed E-state index contributed by atoms with van der Waals surface area (Å²) in [7, 11) is 0. The van der Waals surface area contributed by atoms with Crippen molar-refractivity contribution in [2.45, 2.75) is 38.3 Å². The Morgan fingerprint density at radius 2 is 1.79 bits per heavy atom. The third kappa shape index (κ3) is 4.60. The van der Waals surface area contributed by atoms with Crippen molar-refractivity contribution >= 4 is 17.7 Å². The van der Waals surface area contributed by atoms with Gasteiger partial charge < -0.3 is 4.90 Å². The molecule has 28 heavy (non-hydrogen) atoms. The summed E-state index contributed by atoms with van der Waals surface area (Å²) in [5.74, 6) is -1.74. The van der Waals surface area contributed by atoms with E-state index in [1.165, 1.54) is 53.5 Å². The van der Waals surface area contributed by atoms with Crippen molar-refractivity contribution in [1.29, 1.82) is 0 Å². The van der Waals surface area contributed by atoms with Crippen LogP contribution < -0.4 is 0 Å². The molecule has 1 amide bonds. The summed E-state index contributed by atoms with van der Waals surface area (Å²) >= 11 is 0. The topological polar surface area (TPSA) is 63.4 Å². The van der Waals surface area contributed by atoms with Crippen LogP contribution in [0.2, 0.25) is 0 Å². The lowest BCUT2D eigenvalue weighted by atomic mass is 10.1. The van der Waals surface area contributed by atoms with E-state index in [1.54, 1.807) is 6.07 Å². The molecule has 0 unspecified atom stereocenters. The van der Waals surface area contributed by atoms with Crippen molar-refractivity contribution in [1.82, 2.24) is 4.90 Å². The van der Waals surface area contributed by atoms with Crippen LogP contribution in [0.1, 0.15) is 36.8 Å². The Balaban J connectivity index is 1.83. The van der Waals surface area contributed by atoms with Gasteiger partial charge in [-0.25, -0.2) is 8.78 Å². The lowest BCUT2D eigenvalue weighted by Crippen LogP contribution is -2.37. The van der Waals surface area contributed by atoms with Gasteiger partial charge in [0.1, 0.15) is 11.6 Å². The quantitative estimate of drug-likeness (QED) is 0.405. The van der Waals surface area contributed by atoms with Gasteiger partial charge in [0.15, 0.2) is 0 Å². The van der Waals surface area contributed by atoms with Gasteiger partial charge in [-0.2, -0.15) is 0 Å². The van der Waals surface area contributed by atoms with E-state index in [-0.39, 0.29) is 29.7 Å². The van der Waals surface area contributed by atoms with Crippen molar-refractivity contribution in [3.8, 4) is 0 Å². The van der Waals surface area contributed by atoms with Crippen LogP contribution in [0.15, 0.2) is 48.5 Å². The number of benzene rings is 2. The van der Waals surface area contributed by atoms with E-state index in [0.29, 0.717) is 5.56 Å².